The Bertz CT molecular complexity index is 604. The number of anilines is 2. The second-order valence-electron chi connectivity index (χ2n) is 5.60. The minimum absolute atomic E-state index is 0.105. The number of aliphatic hydroxyl groups excluding tert-OH is 1. The second-order valence-corrected chi connectivity index (χ2v) is 5.60. The highest BCUT2D eigenvalue weighted by molar-refractivity contribution is 5.56. The molecule has 1 saturated heterocycles. The number of nitrogens with zero attached hydrogens (tertiary/aromatic N) is 2. The summed E-state index contributed by atoms with van der Waals surface area (Å²) in [4.78, 5) is 4.81. The topological polar surface area (TPSA) is 26.7 Å². The van der Waals surface area contributed by atoms with Crippen molar-refractivity contribution in [3.63, 3.8) is 0 Å². The Morgan fingerprint density at radius 2 is 1.62 bits per heavy atom. The Morgan fingerprint density at radius 3 is 2.33 bits per heavy atom. The van der Waals surface area contributed by atoms with Gasteiger partial charge >= 0.3 is 0 Å². The van der Waals surface area contributed by atoms with Crippen LogP contribution in [0.3, 0.4) is 0 Å². The van der Waals surface area contributed by atoms with Gasteiger partial charge in [0.25, 0.3) is 0 Å². The third-order valence-electron chi connectivity index (χ3n) is 4.15. The van der Waals surface area contributed by atoms with Gasteiger partial charge in [0.15, 0.2) is 0 Å². The van der Waals surface area contributed by atoms with E-state index in [4.69, 9.17) is 0 Å². The van der Waals surface area contributed by atoms with Gasteiger partial charge in [-0.1, -0.05) is 30.3 Å². The van der Waals surface area contributed by atoms with Gasteiger partial charge in [-0.25, -0.2) is 0 Å². The molecule has 3 rings (SSSR count). The molecule has 0 amide bonds. The molecule has 1 fully saturated rings. The summed E-state index contributed by atoms with van der Waals surface area (Å²) >= 11 is 0. The van der Waals surface area contributed by atoms with Crippen LogP contribution in [0.2, 0.25) is 0 Å². The van der Waals surface area contributed by atoms with E-state index in [1.807, 2.05) is 18.2 Å². The van der Waals surface area contributed by atoms with E-state index in [2.05, 4.69) is 47.1 Å². The number of hydrogen-bond acceptors (Lipinski definition) is 3. The Hall–Kier alpha value is -2.00. The fourth-order valence-electron chi connectivity index (χ4n) is 2.98. The molecule has 1 heterocycles. The van der Waals surface area contributed by atoms with Crippen molar-refractivity contribution in [1.29, 1.82) is 0 Å². The number of piperazine rings is 1. The normalized spacial score (nSPS) is 15.3. The lowest BCUT2D eigenvalue weighted by Gasteiger charge is -2.38. The first-order valence-electron chi connectivity index (χ1n) is 7.53. The van der Waals surface area contributed by atoms with Gasteiger partial charge in [-0.2, -0.15) is 0 Å². The van der Waals surface area contributed by atoms with E-state index in [1.54, 1.807) is 0 Å². The molecular formula is C18H22N2O. The quantitative estimate of drug-likeness (QED) is 0.938. The van der Waals surface area contributed by atoms with Crippen LogP contribution in [-0.2, 0) is 6.61 Å². The molecule has 0 aliphatic carbocycles. The van der Waals surface area contributed by atoms with Crippen LogP contribution in [0.4, 0.5) is 11.4 Å². The van der Waals surface area contributed by atoms with E-state index in [0.29, 0.717) is 0 Å². The average Bonchev–Trinajstić information content (AvgIpc) is 2.55. The van der Waals surface area contributed by atoms with Crippen molar-refractivity contribution in [2.45, 2.75) is 13.5 Å². The molecule has 2 aromatic rings. The van der Waals surface area contributed by atoms with E-state index in [0.717, 1.165) is 31.7 Å². The molecule has 110 valence electrons. The summed E-state index contributed by atoms with van der Waals surface area (Å²) in [5, 5.41) is 9.47. The molecule has 0 saturated carbocycles. The molecule has 0 bridgehead atoms. The van der Waals surface area contributed by atoms with E-state index in [-0.39, 0.29) is 6.61 Å². The Labute approximate surface area is 126 Å². The maximum Gasteiger partial charge on any atom is 0.0702 e. The second kappa shape index (κ2) is 6.19. The Kier molecular flexibility index (Phi) is 4.11. The third-order valence-corrected chi connectivity index (χ3v) is 4.15. The smallest absolute Gasteiger partial charge is 0.0702 e. The maximum absolute atomic E-state index is 9.47. The van der Waals surface area contributed by atoms with Gasteiger partial charge in [0.05, 0.1) is 6.61 Å². The summed E-state index contributed by atoms with van der Waals surface area (Å²) < 4.78 is 0. The van der Waals surface area contributed by atoms with Gasteiger partial charge in [0.2, 0.25) is 0 Å². The van der Waals surface area contributed by atoms with Crippen LogP contribution < -0.4 is 9.80 Å². The van der Waals surface area contributed by atoms with Crippen molar-refractivity contribution in [1.82, 2.24) is 0 Å². The number of aryl methyl sites for hydroxylation is 1. The summed E-state index contributed by atoms with van der Waals surface area (Å²) in [5.41, 5.74) is 4.80. The number of benzene rings is 2. The molecule has 0 spiro atoms. The molecule has 0 radical (unpaired) electrons. The van der Waals surface area contributed by atoms with Crippen LogP contribution in [0.15, 0.2) is 48.5 Å². The molecule has 0 unspecified atom stereocenters. The molecule has 0 aromatic heterocycles. The molecule has 3 heteroatoms. The predicted octanol–water partition coefficient (Wildman–Crippen LogP) is 2.81. The lowest BCUT2D eigenvalue weighted by molar-refractivity contribution is 0.282. The lowest BCUT2D eigenvalue weighted by Crippen LogP contribution is -2.46. The van der Waals surface area contributed by atoms with Crippen LogP contribution in [0.5, 0.6) is 0 Å². The van der Waals surface area contributed by atoms with Crippen molar-refractivity contribution in [3.05, 3.63) is 59.7 Å². The van der Waals surface area contributed by atoms with Gasteiger partial charge < -0.3 is 14.9 Å². The first kappa shape index (κ1) is 14.0. The van der Waals surface area contributed by atoms with Crippen LogP contribution in [0.1, 0.15) is 11.1 Å². The van der Waals surface area contributed by atoms with Gasteiger partial charge in [-0.05, 0) is 30.7 Å². The van der Waals surface area contributed by atoms with Crippen molar-refractivity contribution in [3.8, 4) is 0 Å². The van der Waals surface area contributed by atoms with E-state index < -0.39 is 0 Å². The minimum atomic E-state index is 0.105. The highest BCUT2D eigenvalue weighted by Gasteiger charge is 2.19. The van der Waals surface area contributed by atoms with Crippen LogP contribution in [0.25, 0.3) is 0 Å². The van der Waals surface area contributed by atoms with Crippen LogP contribution >= 0.6 is 0 Å². The van der Waals surface area contributed by atoms with Crippen LogP contribution in [-0.4, -0.2) is 31.3 Å². The molecule has 1 aliphatic rings. The van der Waals surface area contributed by atoms with Gasteiger partial charge in [-0.3, -0.25) is 0 Å². The first-order valence-corrected chi connectivity index (χ1v) is 7.53. The van der Waals surface area contributed by atoms with Crippen molar-refractivity contribution >= 4 is 11.4 Å². The highest BCUT2D eigenvalue weighted by Crippen LogP contribution is 2.24. The summed E-state index contributed by atoms with van der Waals surface area (Å²) in [7, 11) is 0. The third kappa shape index (κ3) is 3.03. The summed E-state index contributed by atoms with van der Waals surface area (Å²) in [6.07, 6.45) is 0. The zero-order valence-corrected chi connectivity index (χ0v) is 12.5. The molecule has 21 heavy (non-hydrogen) atoms. The van der Waals surface area contributed by atoms with Crippen molar-refractivity contribution < 1.29 is 5.11 Å². The van der Waals surface area contributed by atoms with E-state index in [1.165, 1.54) is 16.9 Å². The van der Waals surface area contributed by atoms with Gasteiger partial charge in [-0.15, -0.1) is 0 Å². The number of hydrogen-bond donors (Lipinski definition) is 1. The average molecular weight is 282 g/mol. The molecule has 2 aromatic carbocycles. The minimum Gasteiger partial charge on any atom is -0.392 e. The SMILES string of the molecule is Cc1cccc(N2CCN(c3ccccc3CO)CC2)c1. The maximum atomic E-state index is 9.47. The van der Waals surface area contributed by atoms with Crippen molar-refractivity contribution in [2.75, 3.05) is 36.0 Å². The monoisotopic (exact) mass is 282 g/mol. The predicted molar refractivity (Wildman–Crippen MR) is 88.0 cm³/mol. The number of rotatable bonds is 3. The zero-order valence-electron chi connectivity index (χ0n) is 12.5. The Balaban J connectivity index is 1.70. The molecule has 1 N–H and O–H groups in total. The van der Waals surface area contributed by atoms with Gasteiger partial charge in [0, 0.05) is 43.1 Å². The number of para-hydroxylation sites is 1. The number of aliphatic hydroxyl groups is 1. The summed E-state index contributed by atoms with van der Waals surface area (Å²) in [5.74, 6) is 0. The van der Waals surface area contributed by atoms with E-state index in [9.17, 15) is 5.11 Å². The zero-order chi connectivity index (χ0) is 14.7. The standard InChI is InChI=1S/C18H22N2O/c1-15-5-4-7-17(13-15)19-9-11-20(12-10-19)18-8-3-2-6-16(18)14-21/h2-8,13,21H,9-12,14H2,1H3. The largest absolute Gasteiger partial charge is 0.392 e. The Morgan fingerprint density at radius 1 is 0.905 bits per heavy atom. The highest BCUT2D eigenvalue weighted by atomic mass is 16.3. The fraction of sp³-hybridized carbons (Fsp3) is 0.333. The van der Waals surface area contributed by atoms with Crippen molar-refractivity contribution in [2.24, 2.45) is 0 Å². The lowest BCUT2D eigenvalue weighted by atomic mass is 10.1. The van der Waals surface area contributed by atoms with E-state index >= 15 is 0 Å². The molecule has 0 atom stereocenters. The molecular weight excluding hydrogens is 260 g/mol. The summed E-state index contributed by atoms with van der Waals surface area (Å²) in [6, 6.07) is 16.8. The molecule has 3 nitrogen and oxygen atoms in total. The van der Waals surface area contributed by atoms with Gasteiger partial charge in [0.1, 0.15) is 0 Å². The first-order chi connectivity index (χ1) is 10.3. The fourth-order valence-corrected chi connectivity index (χ4v) is 2.98. The molecule has 1 aliphatic heterocycles. The van der Waals surface area contributed by atoms with Crippen LogP contribution in [0, 0.1) is 6.92 Å². The summed E-state index contributed by atoms with van der Waals surface area (Å²) in [6.45, 7) is 6.26.